The highest BCUT2D eigenvalue weighted by Gasteiger charge is 2.32. The van der Waals surface area contributed by atoms with Gasteiger partial charge in [-0.15, -0.1) is 0 Å². The summed E-state index contributed by atoms with van der Waals surface area (Å²) in [5, 5.41) is 0. The molecule has 10 heteroatoms. The number of pyridine rings is 1. The molecule has 0 bridgehead atoms. The Bertz CT molecular complexity index is 1170. The molecule has 2 amide bonds. The van der Waals surface area contributed by atoms with Gasteiger partial charge in [0.1, 0.15) is 36.0 Å². The van der Waals surface area contributed by atoms with Gasteiger partial charge < -0.3 is 33.0 Å². The van der Waals surface area contributed by atoms with Crippen LogP contribution in [0.4, 0.5) is 0 Å². The van der Waals surface area contributed by atoms with Gasteiger partial charge in [-0.1, -0.05) is 0 Å². The summed E-state index contributed by atoms with van der Waals surface area (Å²) in [4.78, 5) is 42.8. The first-order valence-electron chi connectivity index (χ1n) is 11.2. The number of nitrogens with zero attached hydrogens (tertiary/aromatic N) is 3. The first-order valence-corrected chi connectivity index (χ1v) is 11.2. The summed E-state index contributed by atoms with van der Waals surface area (Å²) < 4.78 is 23.5. The average molecular weight is 472 g/mol. The Morgan fingerprint density at radius 3 is 2.62 bits per heavy atom. The minimum absolute atomic E-state index is 0.186. The number of fused-ring (bicyclic) bond motifs is 1. The standard InChI is InChI=1S/C24H29N3O7/c1-15(18-6-5-11-33-18)25(3)23(29)21-17-7-8-26(24(30)22-16(2)32-12-13-34-22)9-10-27(17)20(28)14-19(21)31-4/h5-6,11,14-15H,7-10,12-13H2,1-4H3. The van der Waals surface area contributed by atoms with Gasteiger partial charge in [0.2, 0.25) is 5.76 Å². The van der Waals surface area contributed by atoms with Crippen LogP contribution in [0.2, 0.25) is 0 Å². The summed E-state index contributed by atoms with van der Waals surface area (Å²) in [5.74, 6) is 0.895. The Hall–Kier alpha value is -3.69. The fourth-order valence-electron chi connectivity index (χ4n) is 4.28. The Balaban J connectivity index is 1.66. The highest BCUT2D eigenvalue weighted by Crippen LogP contribution is 2.28. The maximum Gasteiger partial charge on any atom is 0.292 e. The second-order valence-electron chi connectivity index (χ2n) is 8.26. The van der Waals surface area contributed by atoms with Crippen LogP contribution >= 0.6 is 0 Å². The normalized spacial score (nSPS) is 16.6. The molecule has 2 aliphatic heterocycles. The fourth-order valence-corrected chi connectivity index (χ4v) is 4.28. The number of hydrogen-bond acceptors (Lipinski definition) is 7. The Labute approximate surface area is 197 Å². The number of furan rings is 1. The van der Waals surface area contributed by atoms with Gasteiger partial charge in [-0.2, -0.15) is 0 Å². The minimum atomic E-state index is -0.331. The summed E-state index contributed by atoms with van der Waals surface area (Å²) in [6.07, 6.45) is 1.86. The molecule has 0 saturated carbocycles. The number of allylic oxidation sites excluding steroid dienone is 1. The molecule has 2 aliphatic rings. The maximum atomic E-state index is 13.6. The molecule has 0 aromatic carbocycles. The largest absolute Gasteiger partial charge is 0.496 e. The number of amides is 2. The topological polar surface area (TPSA) is 103 Å². The molecule has 1 unspecified atom stereocenters. The van der Waals surface area contributed by atoms with Crippen LogP contribution in [0.3, 0.4) is 0 Å². The average Bonchev–Trinajstić information content (AvgIpc) is 3.29. The third-order valence-corrected chi connectivity index (χ3v) is 6.33. The van der Waals surface area contributed by atoms with E-state index >= 15 is 0 Å². The quantitative estimate of drug-likeness (QED) is 0.657. The highest BCUT2D eigenvalue weighted by atomic mass is 16.6. The van der Waals surface area contributed by atoms with Crippen molar-refractivity contribution in [1.82, 2.24) is 14.4 Å². The summed E-state index contributed by atoms with van der Waals surface area (Å²) in [5.41, 5.74) is 0.562. The van der Waals surface area contributed by atoms with Crippen molar-refractivity contribution in [2.24, 2.45) is 0 Å². The van der Waals surface area contributed by atoms with E-state index in [4.69, 9.17) is 18.6 Å². The third-order valence-electron chi connectivity index (χ3n) is 6.33. The van der Waals surface area contributed by atoms with Crippen molar-refractivity contribution in [1.29, 1.82) is 0 Å². The lowest BCUT2D eigenvalue weighted by Crippen LogP contribution is -2.37. The highest BCUT2D eigenvalue weighted by molar-refractivity contribution is 5.98. The van der Waals surface area contributed by atoms with Gasteiger partial charge in [0.15, 0.2) is 0 Å². The van der Waals surface area contributed by atoms with Gasteiger partial charge in [-0.25, -0.2) is 0 Å². The zero-order valence-electron chi connectivity index (χ0n) is 19.8. The maximum absolute atomic E-state index is 13.6. The smallest absolute Gasteiger partial charge is 0.292 e. The van der Waals surface area contributed by atoms with Crippen molar-refractivity contribution < 1.29 is 28.2 Å². The first-order chi connectivity index (χ1) is 16.3. The van der Waals surface area contributed by atoms with Crippen molar-refractivity contribution in [2.75, 3.05) is 40.5 Å². The lowest BCUT2D eigenvalue weighted by molar-refractivity contribution is -0.132. The van der Waals surface area contributed by atoms with Crippen molar-refractivity contribution in [3.8, 4) is 5.75 Å². The van der Waals surface area contributed by atoms with E-state index in [2.05, 4.69) is 0 Å². The number of rotatable bonds is 5. The lowest BCUT2D eigenvalue weighted by Gasteiger charge is -2.26. The molecule has 34 heavy (non-hydrogen) atoms. The number of ether oxygens (including phenoxy) is 3. The van der Waals surface area contributed by atoms with Crippen molar-refractivity contribution in [3.05, 3.63) is 63.4 Å². The molecular weight excluding hydrogens is 442 g/mol. The first kappa shape index (κ1) is 23.5. The third kappa shape index (κ3) is 4.27. The van der Waals surface area contributed by atoms with Crippen LogP contribution in [0.25, 0.3) is 0 Å². The molecule has 2 aromatic heterocycles. The van der Waals surface area contributed by atoms with Crippen LogP contribution in [0, 0.1) is 0 Å². The molecule has 0 fully saturated rings. The van der Waals surface area contributed by atoms with Crippen molar-refractivity contribution in [2.45, 2.75) is 32.9 Å². The van der Waals surface area contributed by atoms with Gasteiger partial charge in [-0.05, 0) is 26.0 Å². The van der Waals surface area contributed by atoms with Crippen LogP contribution in [0.5, 0.6) is 5.75 Å². The molecular formula is C24H29N3O7. The molecule has 0 saturated heterocycles. The molecule has 0 N–H and O–H groups in total. The van der Waals surface area contributed by atoms with E-state index in [1.165, 1.54) is 13.2 Å². The van der Waals surface area contributed by atoms with E-state index in [0.29, 0.717) is 55.5 Å². The Kier molecular flexibility index (Phi) is 6.67. The monoisotopic (exact) mass is 471 g/mol. The molecule has 0 aliphatic carbocycles. The number of hydrogen-bond donors (Lipinski definition) is 0. The van der Waals surface area contributed by atoms with E-state index in [9.17, 15) is 14.4 Å². The minimum Gasteiger partial charge on any atom is -0.496 e. The molecule has 4 heterocycles. The van der Waals surface area contributed by atoms with Gasteiger partial charge in [-0.3, -0.25) is 14.4 Å². The van der Waals surface area contributed by atoms with Crippen LogP contribution < -0.4 is 10.3 Å². The number of carbonyl (C=O) groups excluding carboxylic acids is 2. The van der Waals surface area contributed by atoms with Gasteiger partial charge in [0.05, 0.1) is 19.4 Å². The van der Waals surface area contributed by atoms with E-state index in [1.54, 1.807) is 46.7 Å². The van der Waals surface area contributed by atoms with Gasteiger partial charge in [0.25, 0.3) is 17.4 Å². The zero-order valence-corrected chi connectivity index (χ0v) is 19.8. The number of carbonyl (C=O) groups is 2. The van der Waals surface area contributed by atoms with E-state index in [-0.39, 0.29) is 41.5 Å². The van der Waals surface area contributed by atoms with Crippen LogP contribution in [-0.2, 0) is 27.2 Å². The second kappa shape index (κ2) is 9.66. The summed E-state index contributed by atoms with van der Waals surface area (Å²) >= 11 is 0. The predicted molar refractivity (Wildman–Crippen MR) is 121 cm³/mol. The van der Waals surface area contributed by atoms with Crippen molar-refractivity contribution in [3.63, 3.8) is 0 Å². The number of aromatic nitrogens is 1. The second-order valence-corrected chi connectivity index (χ2v) is 8.26. The SMILES string of the molecule is COc1cc(=O)n2c(c1C(=O)N(C)C(C)c1ccco1)CCN(C(=O)C1=C(C)OCCO1)CC2. The van der Waals surface area contributed by atoms with Crippen molar-refractivity contribution >= 4 is 11.8 Å². The molecule has 2 aromatic rings. The molecule has 4 rings (SSSR count). The lowest BCUT2D eigenvalue weighted by atomic mass is 10.1. The molecule has 0 radical (unpaired) electrons. The van der Waals surface area contributed by atoms with Crippen LogP contribution in [-0.4, -0.2) is 66.6 Å². The summed E-state index contributed by atoms with van der Waals surface area (Å²) in [6, 6.07) is 4.56. The van der Waals surface area contributed by atoms with Crippen LogP contribution in [0.1, 0.15) is 41.7 Å². The summed E-state index contributed by atoms with van der Waals surface area (Å²) in [6.45, 7) is 5.12. The van der Waals surface area contributed by atoms with Gasteiger partial charge in [0, 0.05) is 44.9 Å². The summed E-state index contributed by atoms with van der Waals surface area (Å²) in [7, 11) is 3.11. The Morgan fingerprint density at radius 2 is 1.94 bits per heavy atom. The fraction of sp³-hybridized carbons (Fsp3) is 0.458. The van der Waals surface area contributed by atoms with Crippen LogP contribution in [0.15, 0.2) is 45.2 Å². The Morgan fingerprint density at radius 1 is 1.18 bits per heavy atom. The molecule has 10 nitrogen and oxygen atoms in total. The van der Waals surface area contributed by atoms with E-state index in [1.807, 2.05) is 6.92 Å². The molecule has 182 valence electrons. The van der Waals surface area contributed by atoms with E-state index < -0.39 is 0 Å². The molecule has 0 spiro atoms. The van der Waals surface area contributed by atoms with E-state index in [0.717, 1.165) is 0 Å². The molecule has 1 atom stereocenters. The predicted octanol–water partition coefficient (Wildman–Crippen LogP) is 1.95. The zero-order chi connectivity index (χ0) is 24.4. The van der Waals surface area contributed by atoms with Gasteiger partial charge >= 0.3 is 0 Å². The number of methoxy groups -OCH3 is 1.